The van der Waals surface area contributed by atoms with Gasteiger partial charge in [-0.2, -0.15) is 0 Å². The van der Waals surface area contributed by atoms with Crippen LogP contribution in [0.2, 0.25) is 0 Å². The van der Waals surface area contributed by atoms with Crippen molar-refractivity contribution in [1.29, 1.82) is 0 Å². The summed E-state index contributed by atoms with van der Waals surface area (Å²) in [5, 5.41) is 0. The number of methoxy groups -OCH3 is 1. The summed E-state index contributed by atoms with van der Waals surface area (Å²) in [4.78, 5) is 12.8. The number of rotatable bonds is 4. The van der Waals surface area contributed by atoms with Crippen molar-refractivity contribution in [3.63, 3.8) is 0 Å². The molecule has 0 atom stereocenters. The van der Waals surface area contributed by atoms with Crippen molar-refractivity contribution in [2.45, 2.75) is 64.9 Å². The first-order chi connectivity index (χ1) is 9.48. The summed E-state index contributed by atoms with van der Waals surface area (Å²) in [5.41, 5.74) is 4.36. The summed E-state index contributed by atoms with van der Waals surface area (Å²) < 4.78 is 5.67. The third kappa shape index (κ3) is 2.95. The highest BCUT2D eigenvalue weighted by Gasteiger charge is 2.39. The van der Waals surface area contributed by atoms with Gasteiger partial charge in [-0.05, 0) is 50.3 Å². The molecule has 0 spiro atoms. The van der Waals surface area contributed by atoms with Gasteiger partial charge in [0.1, 0.15) is 5.60 Å². The monoisotopic (exact) mass is 274 g/mol. The predicted molar refractivity (Wildman–Crippen MR) is 82.2 cm³/mol. The molecule has 0 radical (unpaired) electrons. The Morgan fingerprint density at radius 2 is 1.65 bits per heavy atom. The molecule has 0 unspecified atom stereocenters. The largest absolute Gasteiger partial charge is 0.370 e. The van der Waals surface area contributed by atoms with Gasteiger partial charge in [-0.25, -0.2) is 0 Å². The van der Waals surface area contributed by atoms with Crippen LogP contribution in [0.4, 0.5) is 0 Å². The number of carbonyl (C=O) groups excluding carboxylic acids is 1. The van der Waals surface area contributed by atoms with Gasteiger partial charge in [-0.1, -0.05) is 37.0 Å². The average molecular weight is 274 g/mol. The van der Waals surface area contributed by atoms with Gasteiger partial charge in [-0.3, -0.25) is 4.79 Å². The van der Waals surface area contributed by atoms with Crippen LogP contribution in [0.15, 0.2) is 12.1 Å². The van der Waals surface area contributed by atoms with E-state index in [1.165, 1.54) is 28.7 Å². The minimum Gasteiger partial charge on any atom is -0.370 e. The molecule has 0 amide bonds. The van der Waals surface area contributed by atoms with Gasteiger partial charge >= 0.3 is 0 Å². The average Bonchev–Trinajstić information content (AvgIpc) is 2.43. The molecule has 0 bridgehead atoms. The molecule has 1 fully saturated rings. The van der Waals surface area contributed by atoms with E-state index in [4.69, 9.17) is 4.74 Å². The van der Waals surface area contributed by atoms with Crippen molar-refractivity contribution in [3.05, 3.63) is 34.4 Å². The lowest BCUT2D eigenvalue weighted by Crippen LogP contribution is -2.43. The summed E-state index contributed by atoms with van der Waals surface area (Å²) >= 11 is 0. The normalized spacial score (nSPS) is 18.0. The standard InChI is InChI=1S/C18H26O2/c1-13-10-14(2)16(15(3)11-13)12-17(19)18(20-4)8-6-5-7-9-18/h10-11H,5-9,12H2,1-4H3. The maximum absolute atomic E-state index is 12.8. The van der Waals surface area contributed by atoms with Crippen molar-refractivity contribution in [1.82, 2.24) is 0 Å². The van der Waals surface area contributed by atoms with E-state index in [0.29, 0.717) is 6.42 Å². The van der Waals surface area contributed by atoms with Crippen molar-refractivity contribution < 1.29 is 9.53 Å². The van der Waals surface area contributed by atoms with Gasteiger partial charge in [0, 0.05) is 13.5 Å². The molecule has 0 aromatic heterocycles. The predicted octanol–water partition coefficient (Wildman–Crippen LogP) is 4.07. The topological polar surface area (TPSA) is 26.3 Å². The first-order valence-corrected chi connectivity index (χ1v) is 7.64. The number of aryl methyl sites for hydroxylation is 3. The second-order valence-electron chi connectivity index (χ2n) is 6.24. The van der Waals surface area contributed by atoms with Crippen LogP contribution < -0.4 is 0 Å². The molecule has 1 saturated carbocycles. The Morgan fingerprint density at radius 3 is 2.15 bits per heavy atom. The SMILES string of the molecule is COC1(C(=O)Cc2c(C)cc(C)cc2C)CCCCC1. The molecule has 2 nitrogen and oxygen atoms in total. The van der Waals surface area contributed by atoms with Crippen LogP contribution >= 0.6 is 0 Å². The fourth-order valence-corrected chi connectivity index (χ4v) is 3.53. The molecular formula is C18H26O2. The fourth-order valence-electron chi connectivity index (χ4n) is 3.53. The number of ketones is 1. The van der Waals surface area contributed by atoms with E-state index >= 15 is 0 Å². The van der Waals surface area contributed by atoms with E-state index in [-0.39, 0.29) is 5.78 Å². The minimum atomic E-state index is -0.526. The number of hydrogen-bond acceptors (Lipinski definition) is 2. The summed E-state index contributed by atoms with van der Waals surface area (Å²) in [6.45, 7) is 6.30. The van der Waals surface area contributed by atoms with Gasteiger partial charge < -0.3 is 4.74 Å². The Balaban J connectivity index is 2.23. The highest BCUT2D eigenvalue weighted by molar-refractivity contribution is 5.89. The zero-order chi connectivity index (χ0) is 14.8. The molecule has 20 heavy (non-hydrogen) atoms. The molecule has 0 N–H and O–H groups in total. The van der Waals surface area contributed by atoms with Crippen molar-refractivity contribution in [3.8, 4) is 0 Å². The summed E-state index contributed by atoms with van der Waals surface area (Å²) in [5.74, 6) is 0.259. The number of carbonyl (C=O) groups is 1. The third-order valence-electron chi connectivity index (χ3n) is 4.74. The zero-order valence-electron chi connectivity index (χ0n) is 13.2. The Bertz CT molecular complexity index is 473. The molecule has 1 aliphatic carbocycles. The first kappa shape index (κ1) is 15.2. The minimum absolute atomic E-state index is 0.259. The van der Waals surface area contributed by atoms with Crippen LogP contribution in [0.5, 0.6) is 0 Å². The van der Waals surface area contributed by atoms with Gasteiger partial charge in [0.25, 0.3) is 0 Å². The van der Waals surface area contributed by atoms with Gasteiger partial charge in [0.05, 0.1) is 0 Å². The molecular weight excluding hydrogens is 248 g/mol. The maximum atomic E-state index is 12.8. The van der Waals surface area contributed by atoms with Crippen LogP contribution in [-0.2, 0) is 16.0 Å². The van der Waals surface area contributed by atoms with Crippen LogP contribution in [0.3, 0.4) is 0 Å². The molecule has 0 aliphatic heterocycles. The Hall–Kier alpha value is -1.15. The van der Waals surface area contributed by atoms with Gasteiger partial charge in [0.2, 0.25) is 0 Å². The number of Topliss-reactive ketones (excluding diaryl/α,β-unsaturated/α-hetero) is 1. The van der Waals surface area contributed by atoms with E-state index in [2.05, 4.69) is 32.9 Å². The van der Waals surface area contributed by atoms with Crippen LogP contribution in [0, 0.1) is 20.8 Å². The van der Waals surface area contributed by atoms with Crippen molar-refractivity contribution >= 4 is 5.78 Å². The highest BCUT2D eigenvalue weighted by Crippen LogP contribution is 2.33. The van der Waals surface area contributed by atoms with E-state index in [9.17, 15) is 4.79 Å². The molecule has 1 aromatic carbocycles. The van der Waals surface area contributed by atoms with E-state index in [1.54, 1.807) is 7.11 Å². The quantitative estimate of drug-likeness (QED) is 0.827. The molecule has 0 saturated heterocycles. The second-order valence-corrected chi connectivity index (χ2v) is 6.24. The van der Waals surface area contributed by atoms with Crippen LogP contribution in [0.1, 0.15) is 54.4 Å². The zero-order valence-corrected chi connectivity index (χ0v) is 13.2. The molecule has 1 aliphatic rings. The lowest BCUT2D eigenvalue weighted by molar-refractivity contribution is -0.144. The van der Waals surface area contributed by atoms with E-state index in [1.807, 2.05) is 0 Å². The smallest absolute Gasteiger partial charge is 0.168 e. The van der Waals surface area contributed by atoms with Crippen LogP contribution in [0.25, 0.3) is 0 Å². The Morgan fingerprint density at radius 1 is 1.10 bits per heavy atom. The second kappa shape index (κ2) is 6.09. The summed E-state index contributed by atoms with van der Waals surface area (Å²) in [6, 6.07) is 4.33. The molecule has 1 aromatic rings. The van der Waals surface area contributed by atoms with Gasteiger partial charge in [0.15, 0.2) is 5.78 Å². The van der Waals surface area contributed by atoms with Gasteiger partial charge in [-0.15, -0.1) is 0 Å². The lowest BCUT2D eigenvalue weighted by Gasteiger charge is -2.34. The molecule has 2 rings (SSSR count). The van der Waals surface area contributed by atoms with Crippen LogP contribution in [-0.4, -0.2) is 18.5 Å². The maximum Gasteiger partial charge on any atom is 0.168 e. The molecule has 0 heterocycles. The van der Waals surface area contributed by atoms with E-state index in [0.717, 1.165) is 25.7 Å². The Labute approximate surface area is 122 Å². The number of benzene rings is 1. The fraction of sp³-hybridized carbons (Fsp3) is 0.611. The summed E-state index contributed by atoms with van der Waals surface area (Å²) in [7, 11) is 1.69. The highest BCUT2D eigenvalue weighted by atomic mass is 16.5. The lowest BCUT2D eigenvalue weighted by atomic mass is 9.79. The molecule has 2 heteroatoms. The molecule has 110 valence electrons. The summed E-state index contributed by atoms with van der Waals surface area (Å²) in [6.07, 6.45) is 5.70. The third-order valence-corrected chi connectivity index (χ3v) is 4.74. The first-order valence-electron chi connectivity index (χ1n) is 7.64. The van der Waals surface area contributed by atoms with E-state index < -0.39 is 5.60 Å². The Kier molecular flexibility index (Phi) is 4.64. The van der Waals surface area contributed by atoms with Crippen molar-refractivity contribution in [2.75, 3.05) is 7.11 Å². The van der Waals surface area contributed by atoms with Crippen molar-refractivity contribution in [2.24, 2.45) is 0 Å². The number of hydrogen-bond donors (Lipinski definition) is 0. The number of ether oxygens (including phenoxy) is 1.